The Morgan fingerprint density at radius 3 is 2.34 bits per heavy atom. The minimum atomic E-state index is -0.639. The molecule has 0 bridgehead atoms. The second-order valence-corrected chi connectivity index (χ2v) is 12.5. The highest BCUT2D eigenvalue weighted by Crippen LogP contribution is 2.49. The second-order valence-electron chi connectivity index (χ2n) is 12.5. The molecule has 3 aliphatic rings. The minimum absolute atomic E-state index is 0.0264. The van der Waals surface area contributed by atoms with Gasteiger partial charge in [-0.2, -0.15) is 0 Å². The molecule has 0 spiro atoms. The summed E-state index contributed by atoms with van der Waals surface area (Å²) in [6.45, 7) is 7.39. The maximum Gasteiger partial charge on any atom is 0.311 e. The lowest BCUT2D eigenvalue weighted by molar-refractivity contribution is -0.165. The molecule has 1 N–H and O–H groups in total. The number of hydrogen-bond acceptors (Lipinski definition) is 4. The molecule has 0 unspecified atom stereocenters. The van der Waals surface area contributed by atoms with Crippen molar-refractivity contribution >= 4 is 17.6 Å². The summed E-state index contributed by atoms with van der Waals surface area (Å²) in [7, 11) is 0. The van der Waals surface area contributed by atoms with Crippen LogP contribution in [0.25, 0.3) is 0 Å². The molecule has 38 heavy (non-hydrogen) atoms. The van der Waals surface area contributed by atoms with E-state index < -0.39 is 23.4 Å². The van der Waals surface area contributed by atoms with Gasteiger partial charge in [0.25, 0.3) is 5.91 Å². The molecule has 1 heterocycles. The summed E-state index contributed by atoms with van der Waals surface area (Å²) in [6, 6.07) is 12.9. The van der Waals surface area contributed by atoms with Crippen LogP contribution in [0.5, 0.6) is 0 Å². The fourth-order valence-electron chi connectivity index (χ4n) is 6.90. The van der Waals surface area contributed by atoms with Gasteiger partial charge in [-0.3, -0.25) is 9.59 Å². The minimum Gasteiger partial charge on any atom is -0.460 e. The summed E-state index contributed by atoms with van der Waals surface area (Å²) in [4.78, 5) is 29.8. The molecule has 0 radical (unpaired) electrons. The zero-order chi connectivity index (χ0) is 27.0. The van der Waals surface area contributed by atoms with Crippen molar-refractivity contribution in [2.24, 2.45) is 11.8 Å². The first kappa shape index (κ1) is 26.7. The molecule has 3 fully saturated rings. The van der Waals surface area contributed by atoms with Gasteiger partial charge in [0, 0.05) is 17.8 Å². The Balaban J connectivity index is 1.56. The van der Waals surface area contributed by atoms with Crippen molar-refractivity contribution in [1.29, 1.82) is 0 Å². The van der Waals surface area contributed by atoms with Crippen LogP contribution in [0.3, 0.4) is 0 Å². The van der Waals surface area contributed by atoms with Crippen LogP contribution in [0.2, 0.25) is 0 Å². The van der Waals surface area contributed by atoms with E-state index >= 15 is 4.39 Å². The molecule has 1 amide bonds. The van der Waals surface area contributed by atoms with Crippen molar-refractivity contribution in [2.45, 2.75) is 103 Å². The van der Waals surface area contributed by atoms with Crippen molar-refractivity contribution in [1.82, 2.24) is 4.90 Å². The third kappa shape index (κ3) is 5.45. The highest BCUT2D eigenvalue weighted by atomic mass is 19.1. The molecule has 5 rings (SSSR count). The summed E-state index contributed by atoms with van der Waals surface area (Å²) in [5.41, 5.74) is 2.02. The lowest BCUT2D eigenvalue weighted by atomic mass is 9.76. The molecule has 5 nitrogen and oxygen atoms in total. The van der Waals surface area contributed by atoms with Crippen LogP contribution in [-0.4, -0.2) is 34.5 Å². The SMILES string of the molecule is Cc1cccc(F)c1C(=O)N1[C@@H]2CCC[C@@H]2C[C@H](C(=O)OC(C)(C)C)[C@@H]1c1ccc(NC2CCCC2)cc1. The predicted octanol–water partition coefficient (Wildman–Crippen LogP) is 7.20. The maximum absolute atomic E-state index is 15.1. The Hall–Kier alpha value is -2.89. The van der Waals surface area contributed by atoms with Crippen LogP contribution in [0.15, 0.2) is 42.5 Å². The second kappa shape index (κ2) is 10.7. The Morgan fingerprint density at radius 1 is 0.974 bits per heavy atom. The van der Waals surface area contributed by atoms with Crippen LogP contribution >= 0.6 is 0 Å². The van der Waals surface area contributed by atoms with E-state index in [0.29, 0.717) is 18.0 Å². The van der Waals surface area contributed by atoms with Gasteiger partial charge in [0.15, 0.2) is 0 Å². The van der Waals surface area contributed by atoms with Crippen molar-refractivity contribution in [3.8, 4) is 0 Å². The van der Waals surface area contributed by atoms with Gasteiger partial charge in [0.1, 0.15) is 11.4 Å². The summed E-state index contributed by atoms with van der Waals surface area (Å²) in [5.74, 6) is -1.45. The van der Waals surface area contributed by atoms with E-state index in [9.17, 15) is 9.59 Å². The molecule has 2 aromatic rings. The number of amides is 1. The van der Waals surface area contributed by atoms with E-state index in [1.165, 1.54) is 31.7 Å². The normalized spacial score (nSPS) is 25.8. The Kier molecular flexibility index (Phi) is 7.52. The van der Waals surface area contributed by atoms with Gasteiger partial charge < -0.3 is 15.0 Å². The highest BCUT2D eigenvalue weighted by molar-refractivity contribution is 5.97. The highest BCUT2D eigenvalue weighted by Gasteiger charge is 2.51. The third-order valence-corrected chi connectivity index (χ3v) is 8.57. The largest absolute Gasteiger partial charge is 0.460 e. The standard InChI is InChI=1S/C32H41FN2O3/c1-20-9-7-13-26(33)28(20)30(36)35-27-14-8-10-22(27)19-25(31(37)38-32(2,3)4)29(35)21-15-17-24(18-16-21)34-23-11-5-6-12-23/h7,9,13,15-18,22-23,25,27,29,34H,5-6,8,10-12,14,19H2,1-4H3/t22-,25+,27-,29+/m1/s1. The Labute approximate surface area is 226 Å². The molecule has 0 aromatic heterocycles. The van der Waals surface area contributed by atoms with E-state index in [4.69, 9.17) is 4.74 Å². The number of carbonyl (C=O) groups excluding carboxylic acids is 2. The molecular formula is C32H41FN2O3. The fourth-order valence-corrected chi connectivity index (χ4v) is 6.90. The summed E-state index contributed by atoms with van der Waals surface area (Å²) in [6.07, 6.45) is 8.36. The first-order chi connectivity index (χ1) is 18.1. The van der Waals surface area contributed by atoms with Gasteiger partial charge in [-0.05, 0) is 95.0 Å². The van der Waals surface area contributed by atoms with Gasteiger partial charge >= 0.3 is 5.97 Å². The number of halogens is 1. The molecule has 204 valence electrons. The molecule has 6 heteroatoms. The van der Waals surface area contributed by atoms with Crippen molar-refractivity contribution in [3.63, 3.8) is 0 Å². The van der Waals surface area contributed by atoms with E-state index in [0.717, 1.165) is 30.5 Å². The number of likely N-dealkylation sites (tertiary alicyclic amines) is 1. The smallest absolute Gasteiger partial charge is 0.311 e. The average Bonchev–Trinajstić information content (AvgIpc) is 3.54. The zero-order valence-electron chi connectivity index (χ0n) is 23.1. The van der Waals surface area contributed by atoms with Gasteiger partial charge in [-0.25, -0.2) is 4.39 Å². The Bertz CT molecular complexity index is 1150. The van der Waals surface area contributed by atoms with Gasteiger partial charge in [-0.1, -0.05) is 43.5 Å². The van der Waals surface area contributed by atoms with Crippen molar-refractivity contribution < 1.29 is 18.7 Å². The summed E-state index contributed by atoms with van der Waals surface area (Å²) >= 11 is 0. The quantitative estimate of drug-likeness (QED) is 0.424. The topological polar surface area (TPSA) is 58.6 Å². The number of aryl methyl sites for hydroxylation is 1. The van der Waals surface area contributed by atoms with Gasteiger partial charge in [-0.15, -0.1) is 0 Å². The molecular weight excluding hydrogens is 479 g/mol. The molecule has 2 aromatic carbocycles. The van der Waals surface area contributed by atoms with E-state index in [-0.39, 0.29) is 29.4 Å². The number of benzene rings is 2. The molecule has 1 aliphatic heterocycles. The van der Waals surface area contributed by atoms with Gasteiger partial charge in [0.2, 0.25) is 0 Å². The summed E-state index contributed by atoms with van der Waals surface area (Å²) < 4.78 is 21.0. The number of hydrogen-bond donors (Lipinski definition) is 1. The zero-order valence-corrected chi connectivity index (χ0v) is 23.1. The van der Waals surface area contributed by atoms with E-state index in [1.54, 1.807) is 19.1 Å². The molecule has 2 saturated carbocycles. The number of rotatable bonds is 5. The number of nitrogens with zero attached hydrogens (tertiary/aromatic N) is 1. The third-order valence-electron chi connectivity index (χ3n) is 8.57. The summed E-state index contributed by atoms with van der Waals surface area (Å²) in [5, 5.41) is 3.63. The maximum atomic E-state index is 15.1. The van der Waals surface area contributed by atoms with E-state index in [2.05, 4.69) is 17.4 Å². The van der Waals surface area contributed by atoms with E-state index in [1.807, 2.05) is 37.8 Å². The first-order valence-corrected chi connectivity index (χ1v) is 14.3. The number of esters is 1. The number of piperidine rings is 1. The van der Waals surface area contributed by atoms with Crippen molar-refractivity contribution in [3.05, 3.63) is 65.0 Å². The number of fused-ring (bicyclic) bond motifs is 1. The molecule has 1 saturated heterocycles. The lowest BCUT2D eigenvalue weighted by Crippen LogP contribution is -2.54. The monoisotopic (exact) mass is 520 g/mol. The number of carbonyl (C=O) groups is 2. The van der Waals surface area contributed by atoms with Crippen LogP contribution in [0.1, 0.15) is 99.7 Å². The fraction of sp³-hybridized carbons (Fsp3) is 0.562. The molecule has 4 atom stereocenters. The number of anilines is 1. The Morgan fingerprint density at radius 2 is 1.68 bits per heavy atom. The first-order valence-electron chi connectivity index (χ1n) is 14.3. The van der Waals surface area contributed by atoms with Gasteiger partial charge in [0.05, 0.1) is 17.5 Å². The number of ether oxygens (including phenoxy) is 1. The van der Waals surface area contributed by atoms with Crippen LogP contribution in [0, 0.1) is 24.6 Å². The molecule has 2 aliphatic carbocycles. The van der Waals surface area contributed by atoms with Crippen LogP contribution < -0.4 is 5.32 Å². The number of nitrogens with one attached hydrogen (secondary N) is 1. The van der Waals surface area contributed by atoms with Crippen LogP contribution in [0.4, 0.5) is 10.1 Å². The predicted molar refractivity (Wildman–Crippen MR) is 147 cm³/mol. The lowest BCUT2D eigenvalue weighted by Gasteiger charge is -2.48. The van der Waals surface area contributed by atoms with Crippen LogP contribution in [-0.2, 0) is 9.53 Å². The van der Waals surface area contributed by atoms with Crippen molar-refractivity contribution in [2.75, 3.05) is 5.32 Å². The average molecular weight is 521 g/mol.